The summed E-state index contributed by atoms with van der Waals surface area (Å²) in [4.78, 5) is 14.3. The van der Waals surface area contributed by atoms with Crippen molar-refractivity contribution in [1.82, 2.24) is 5.32 Å². The third-order valence-corrected chi connectivity index (χ3v) is 5.36. The van der Waals surface area contributed by atoms with Crippen LogP contribution in [0.3, 0.4) is 0 Å². The largest absolute Gasteiger partial charge is 0.345 e. The van der Waals surface area contributed by atoms with Crippen molar-refractivity contribution in [2.45, 2.75) is 33.2 Å². The van der Waals surface area contributed by atoms with Crippen LogP contribution < -0.4 is 10.0 Å². The molecule has 24 heavy (non-hydrogen) atoms. The molecule has 2 aromatic rings. The molecule has 2 rings (SSSR count). The van der Waals surface area contributed by atoms with Gasteiger partial charge in [0.25, 0.3) is 5.91 Å². The maximum atomic E-state index is 12.4. The van der Waals surface area contributed by atoms with E-state index in [-0.39, 0.29) is 11.9 Å². The van der Waals surface area contributed by atoms with Gasteiger partial charge in [0.2, 0.25) is 10.0 Å². The van der Waals surface area contributed by atoms with E-state index < -0.39 is 10.0 Å². The van der Waals surface area contributed by atoms with Gasteiger partial charge in [-0.15, -0.1) is 11.3 Å². The summed E-state index contributed by atoms with van der Waals surface area (Å²) in [6, 6.07) is 8.72. The van der Waals surface area contributed by atoms with Crippen LogP contribution in [-0.2, 0) is 16.4 Å². The number of carbonyl (C=O) groups is 1. The number of sulfonamides is 1. The molecule has 1 atom stereocenters. The third kappa shape index (κ3) is 4.82. The van der Waals surface area contributed by atoms with Crippen molar-refractivity contribution >= 4 is 33.0 Å². The normalized spacial score (nSPS) is 12.7. The SMILES string of the molecule is CCc1cc(C(=O)NC(C)c2cccc(NS(C)(=O)=O)c2)sc1C. The molecule has 0 radical (unpaired) electrons. The molecule has 0 aliphatic rings. The van der Waals surface area contributed by atoms with Gasteiger partial charge < -0.3 is 5.32 Å². The topological polar surface area (TPSA) is 75.3 Å². The number of carbonyl (C=O) groups excluding carboxylic acids is 1. The van der Waals surface area contributed by atoms with Gasteiger partial charge in [-0.1, -0.05) is 19.1 Å². The van der Waals surface area contributed by atoms with Crippen molar-refractivity contribution in [2.24, 2.45) is 0 Å². The van der Waals surface area contributed by atoms with E-state index in [1.54, 1.807) is 18.2 Å². The first-order valence-corrected chi connectivity index (χ1v) is 10.4. The first kappa shape index (κ1) is 18.5. The van der Waals surface area contributed by atoms with Crippen molar-refractivity contribution < 1.29 is 13.2 Å². The molecule has 130 valence electrons. The fourth-order valence-electron chi connectivity index (χ4n) is 2.42. The molecular weight excluding hydrogens is 344 g/mol. The maximum Gasteiger partial charge on any atom is 0.261 e. The molecule has 1 unspecified atom stereocenters. The number of nitrogens with one attached hydrogen (secondary N) is 2. The number of thiophene rings is 1. The minimum Gasteiger partial charge on any atom is -0.345 e. The van der Waals surface area contributed by atoms with E-state index >= 15 is 0 Å². The van der Waals surface area contributed by atoms with E-state index in [1.165, 1.54) is 16.9 Å². The van der Waals surface area contributed by atoms with Crippen LogP contribution in [0.1, 0.15) is 45.6 Å². The van der Waals surface area contributed by atoms with Crippen LogP contribution in [0, 0.1) is 6.92 Å². The van der Waals surface area contributed by atoms with Crippen molar-refractivity contribution in [2.75, 3.05) is 11.0 Å². The molecule has 0 spiro atoms. The Bertz CT molecular complexity index is 841. The summed E-state index contributed by atoms with van der Waals surface area (Å²) in [7, 11) is -3.33. The summed E-state index contributed by atoms with van der Waals surface area (Å²) in [6.07, 6.45) is 2.01. The lowest BCUT2D eigenvalue weighted by atomic mass is 10.1. The molecule has 0 saturated carbocycles. The van der Waals surface area contributed by atoms with Gasteiger partial charge in [-0.2, -0.15) is 0 Å². The first-order chi connectivity index (χ1) is 11.2. The number of benzene rings is 1. The highest BCUT2D eigenvalue weighted by Gasteiger charge is 2.15. The zero-order valence-electron chi connectivity index (χ0n) is 14.2. The van der Waals surface area contributed by atoms with Crippen molar-refractivity contribution in [1.29, 1.82) is 0 Å². The average Bonchev–Trinajstić information content (AvgIpc) is 2.87. The molecule has 2 N–H and O–H groups in total. The number of rotatable bonds is 6. The molecule has 0 fully saturated rings. The van der Waals surface area contributed by atoms with Gasteiger partial charge in [0.15, 0.2) is 0 Å². The Morgan fingerprint density at radius 3 is 2.58 bits per heavy atom. The van der Waals surface area contributed by atoms with Crippen LogP contribution in [-0.4, -0.2) is 20.6 Å². The first-order valence-electron chi connectivity index (χ1n) is 7.67. The molecule has 5 nitrogen and oxygen atoms in total. The second kappa shape index (κ2) is 7.36. The van der Waals surface area contributed by atoms with Gasteiger partial charge in [-0.25, -0.2) is 8.42 Å². The maximum absolute atomic E-state index is 12.4. The molecule has 1 aromatic heterocycles. The summed E-state index contributed by atoms with van der Waals surface area (Å²) >= 11 is 1.49. The molecule has 0 saturated heterocycles. The third-order valence-electron chi connectivity index (χ3n) is 3.66. The van der Waals surface area contributed by atoms with Crippen LogP contribution >= 0.6 is 11.3 Å². The van der Waals surface area contributed by atoms with E-state index in [1.807, 2.05) is 26.0 Å². The predicted molar refractivity (Wildman–Crippen MR) is 99.2 cm³/mol. The van der Waals surface area contributed by atoms with Gasteiger partial charge in [-0.3, -0.25) is 9.52 Å². The zero-order chi connectivity index (χ0) is 17.9. The van der Waals surface area contributed by atoms with E-state index in [9.17, 15) is 13.2 Å². The summed E-state index contributed by atoms with van der Waals surface area (Å²) in [5.41, 5.74) is 2.51. The highest BCUT2D eigenvalue weighted by Crippen LogP contribution is 2.23. The van der Waals surface area contributed by atoms with Crippen LogP contribution in [0.15, 0.2) is 30.3 Å². The minimum absolute atomic E-state index is 0.114. The van der Waals surface area contributed by atoms with E-state index in [0.717, 1.165) is 23.1 Å². The van der Waals surface area contributed by atoms with Crippen molar-refractivity contribution in [3.63, 3.8) is 0 Å². The van der Waals surface area contributed by atoms with Crippen LogP contribution in [0.5, 0.6) is 0 Å². The predicted octanol–water partition coefficient (Wildman–Crippen LogP) is 3.48. The van der Waals surface area contributed by atoms with E-state index in [4.69, 9.17) is 0 Å². The molecule has 0 bridgehead atoms. The molecular formula is C17H22N2O3S2. The van der Waals surface area contributed by atoms with Gasteiger partial charge in [0.05, 0.1) is 17.2 Å². The molecule has 1 aromatic carbocycles. The molecule has 1 heterocycles. The fraction of sp³-hybridized carbons (Fsp3) is 0.353. The molecule has 1 amide bonds. The lowest BCUT2D eigenvalue weighted by Gasteiger charge is -2.15. The quantitative estimate of drug-likeness (QED) is 0.822. The van der Waals surface area contributed by atoms with Gasteiger partial charge in [-0.05, 0) is 49.6 Å². The lowest BCUT2D eigenvalue weighted by molar-refractivity contribution is 0.0944. The molecule has 0 aliphatic carbocycles. The molecule has 7 heteroatoms. The Morgan fingerprint density at radius 1 is 1.29 bits per heavy atom. The summed E-state index contributed by atoms with van der Waals surface area (Å²) in [6.45, 7) is 5.96. The Hall–Kier alpha value is -1.86. The summed E-state index contributed by atoms with van der Waals surface area (Å²) in [5.74, 6) is -0.114. The van der Waals surface area contributed by atoms with Gasteiger partial charge in [0, 0.05) is 10.6 Å². The van der Waals surface area contributed by atoms with Crippen LogP contribution in [0.25, 0.3) is 0 Å². The number of amides is 1. The second-order valence-electron chi connectivity index (χ2n) is 5.74. The van der Waals surface area contributed by atoms with Gasteiger partial charge >= 0.3 is 0 Å². The smallest absolute Gasteiger partial charge is 0.261 e. The van der Waals surface area contributed by atoms with Crippen LogP contribution in [0.2, 0.25) is 0 Å². The monoisotopic (exact) mass is 366 g/mol. The number of hydrogen-bond acceptors (Lipinski definition) is 4. The van der Waals surface area contributed by atoms with Crippen molar-refractivity contribution in [3.05, 3.63) is 51.2 Å². The second-order valence-corrected chi connectivity index (χ2v) is 8.75. The Balaban J connectivity index is 2.12. The van der Waals surface area contributed by atoms with E-state index in [0.29, 0.717) is 10.6 Å². The highest BCUT2D eigenvalue weighted by atomic mass is 32.2. The Labute approximate surface area is 147 Å². The van der Waals surface area contributed by atoms with Crippen LogP contribution in [0.4, 0.5) is 5.69 Å². The average molecular weight is 367 g/mol. The number of anilines is 1. The van der Waals surface area contributed by atoms with E-state index in [2.05, 4.69) is 17.0 Å². The number of hydrogen-bond donors (Lipinski definition) is 2. The Morgan fingerprint density at radius 2 is 2.00 bits per heavy atom. The minimum atomic E-state index is -3.33. The fourth-order valence-corrected chi connectivity index (χ4v) is 3.99. The highest BCUT2D eigenvalue weighted by molar-refractivity contribution is 7.92. The summed E-state index contributed by atoms with van der Waals surface area (Å²) < 4.78 is 25.1. The van der Waals surface area contributed by atoms with Gasteiger partial charge in [0.1, 0.15) is 0 Å². The molecule has 0 aliphatic heterocycles. The standard InChI is InChI=1S/C17H22N2O3S2/c1-5-13-10-16(23-12(13)3)17(20)18-11(2)14-7-6-8-15(9-14)19-24(4,21)22/h6-11,19H,5H2,1-4H3,(H,18,20). The summed E-state index contributed by atoms with van der Waals surface area (Å²) in [5, 5.41) is 2.96. The number of aryl methyl sites for hydroxylation is 2. The zero-order valence-corrected chi connectivity index (χ0v) is 15.8. The van der Waals surface area contributed by atoms with Crippen molar-refractivity contribution in [3.8, 4) is 0 Å². The lowest BCUT2D eigenvalue weighted by Crippen LogP contribution is -2.26. The Kier molecular flexibility index (Phi) is 5.66.